The van der Waals surface area contributed by atoms with Crippen LogP contribution in [0.1, 0.15) is 21.0 Å². The number of imidazole rings is 1. The summed E-state index contributed by atoms with van der Waals surface area (Å²) < 4.78 is 1.60. The first-order valence-corrected chi connectivity index (χ1v) is 4.91. The van der Waals surface area contributed by atoms with Gasteiger partial charge in [-0.05, 0) is 0 Å². The van der Waals surface area contributed by atoms with E-state index in [1.807, 2.05) is 0 Å². The first-order chi connectivity index (χ1) is 8.58. The van der Waals surface area contributed by atoms with E-state index in [-0.39, 0.29) is 17.2 Å². The Hall–Kier alpha value is -2.77. The summed E-state index contributed by atoms with van der Waals surface area (Å²) in [7, 11) is 1.72. The summed E-state index contributed by atoms with van der Waals surface area (Å²) in [5, 5.41) is 11.2. The molecule has 2 N–H and O–H groups in total. The summed E-state index contributed by atoms with van der Waals surface area (Å²) in [6.07, 6.45) is 5.50. The van der Waals surface area contributed by atoms with Crippen molar-refractivity contribution < 1.29 is 14.7 Å². The summed E-state index contributed by atoms with van der Waals surface area (Å²) >= 11 is 0. The second-order valence-corrected chi connectivity index (χ2v) is 3.44. The molecule has 0 saturated carbocycles. The number of nitrogens with zero attached hydrogens (tertiary/aromatic N) is 4. The van der Waals surface area contributed by atoms with Crippen molar-refractivity contribution in [3.05, 3.63) is 36.3 Å². The van der Waals surface area contributed by atoms with E-state index < -0.39 is 11.9 Å². The van der Waals surface area contributed by atoms with E-state index in [1.54, 1.807) is 11.6 Å². The number of aromatic nitrogens is 4. The zero-order valence-corrected chi connectivity index (χ0v) is 9.36. The monoisotopic (exact) mass is 247 g/mol. The Morgan fingerprint density at radius 2 is 2.00 bits per heavy atom. The largest absolute Gasteiger partial charge is 0.476 e. The minimum atomic E-state index is -1.26. The summed E-state index contributed by atoms with van der Waals surface area (Å²) in [4.78, 5) is 33.9. The molecule has 0 saturated heterocycles. The fraction of sp³-hybridized carbons (Fsp3) is 0.100. The highest BCUT2D eigenvalue weighted by Gasteiger charge is 2.16. The number of hydrogen-bond acceptors (Lipinski definition) is 5. The molecule has 0 aliphatic carbocycles. The van der Waals surface area contributed by atoms with Crippen LogP contribution in [-0.4, -0.2) is 36.5 Å². The van der Waals surface area contributed by atoms with E-state index in [4.69, 9.17) is 5.11 Å². The fourth-order valence-electron chi connectivity index (χ4n) is 1.29. The van der Waals surface area contributed by atoms with Gasteiger partial charge in [0.2, 0.25) is 0 Å². The molecule has 8 nitrogen and oxygen atoms in total. The van der Waals surface area contributed by atoms with Crippen LogP contribution < -0.4 is 5.32 Å². The van der Waals surface area contributed by atoms with Gasteiger partial charge < -0.3 is 15.0 Å². The molecule has 0 radical (unpaired) electrons. The maximum atomic E-state index is 11.8. The molecule has 92 valence electrons. The second kappa shape index (κ2) is 4.62. The van der Waals surface area contributed by atoms with Crippen molar-refractivity contribution >= 4 is 17.7 Å². The van der Waals surface area contributed by atoms with Crippen molar-refractivity contribution in [2.75, 3.05) is 5.32 Å². The molecule has 2 heterocycles. The van der Waals surface area contributed by atoms with Gasteiger partial charge >= 0.3 is 5.97 Å². The highest BCUT2D eigenvalue weighted by Crippen LogP contribution is 2.09. The Balaban J connectivity index is 2.24. The molecule has 2 rings (SSSR count). The minimum Gasteiger partial charge on any atom is -0.476 e. The van der Waals surface area contributed by atoms with Crippen molar-refractivity contribution in [3.63, 3.8) is 0 Å². The van der Waals surface area contributed by atoms with Crippen LogP contribution in [0.4, 0.5) is 5.82 Å². The van der Waals surface area contributed by atoms with Gasteiger partial charge in [-0.1, -0.05) is 0 Å². The van der Waals surface area contributed by atoms with Gasteiger partial charge in [0.15, 0.2) is 11.5 Å². The normalized spacial score (nSPS) is 10.1. The second-order valence-electron chi connectivity index (χ2n) is 3.44. The molecular weight excluding hydrogens is 238 g/mol. The number of hydrogen-bond donors (Lipinski definition) is 2. The molecule has 0 aliphatic rings. The Bertz CT molecular complexity index is 607. The van der Waals surface area contributed by atoms with Crippen molar-refractivity contribution in [3.8, 4) is 0 Å². The zero-order valence-electron chi connectivity index (χ0n) is 9.36. The lowest BCUT2D eigenvalue weighted by molar-refractivity contribution is 0.0691. The topological polar surface area (TPSA) is 110 Å². The quantitative estimate of drug-likeness (QED) is 0.799. The lowest BCUT2D eigenvalue weighted by Gasteiger charge is -2.04. The summed E-state index contributed by atoms with van der Waals surface area (Å²) in [6, 6.07) is 0. The number of nitrogens with one attached hydrogen (secondary N) is 1. The van der Waals surface area contributed by atoms with Gasteiger partial charge in [-0.15, -0.1) is 0 Å². The fourth-order valence-corrected chi connectivity index (χ4v) is 1.29. The van der Waals surface area contributed by atoms with Crippen molar-refractivity contribution in [2.24, 2.45) is 7.05 Å². The number of aromatic carboxylic acids is 1. The Labute approximate surface area is 101 Å². The van der Waals surface area contributed by atoms with Gasteiger partial charge in [0.1, 0.15) is 5.69 Å². The molecule has 18 heavy (non-hydrogen) atoms. The van der Waals surface area contributed by atoms with E-state index in [1.165, 1.54) is 24.9 Å². The van der Waals surface area contributed by atoms with Crippen molar-refractivity contribution in [1.82, 2.24) is 19.5 Å². The highest BCUT2D eigenvalue weighted by molar-refractivity contribution is 6.05. The molecule has 2 aromatic rings. The average molecular weight is 247 g/mol. The van der Waals surface area contributed by atoms with Gasteiger partial charge in [0.25, 0.3) is 5.91 Å². The molecule has 1 amide bonds. The lowest BCUT2D eigenvalue weighted by atomic mass is 10.3. The van der Waals surface area contributed by atoms with Crippen LogP contribution in [0.2, 0.25) is 0 Å². The van der Waals surface area contributed by atoms with E-state index in [0.717, 1.165) is 0 Å². The molecule has 0 unspecified atom stereocenters. The first kappa shape index (κ1) is 11.7. The van der Waals surface area contributed by atoms with Crippen LogP contribution in [0.15, 0.2) is 24.9 Å². The number of carboxylic acids is 1. The first-order valence-electron chi connectivity index (χ1n) is 4.91. The third kappa shape index (κ3) is 2.32. The number of carboxylic acid groups (broad SMARTS) is 1. The van der Waals surface area contributed by atoms with Crippen molar-refractivity contribution in [2.45, 2.75) is 0 Å². The number of carbonyl (C=O) groups excluding carboxylic acids is 1. The summed E-state index contributed by atoms with van der Waals surface area (Å²) in [6.45, 7) is 0. The van der Waals surface area contributed by atoms with Gasteiger partial charge in [-0.25, -0.2) is 19.7 Å². The molecule has 0 aliphatic heterocycles. The van der Waals surface area contributed by atoms with Gasteiger partial charge in [-0.3, -0.25) is 4.79 Å². The van der Waals surface area contributed by atoms with Crippen LogP contribution in [0, 0.1) is 0 Å². The molecule has 0 fully saturated rings. The molecule has 0 spiro atoms. The van der Waals surface area contributed by atoms with Crippen LogP contribution in [0.5, 0.6) is 0 Å². The molecule has 0 bridgehead atoms. The summed E-state index contributed by atoms with van der Waals surface area (Å²) in [5.74, 6) is -1.92. The highest BCUT2D eigenvalue weighted by atomic mass is 16.4. The predicted octanol–water partition coefficient (Wildman–Crippen LogP) is 0.161. The predicted molar refractivity (Wildman–Crippen MR) is 60.2 cm³/mol. The van der Waals surface area contributed by atoms with Crippen LogP contribution >= 0.6 is 0 Å². The number of aryl methyl sites for hydroxylation is 1. The number of amides is 1. The Morgan fingerprint density at radius 1 is 1.28 bits per heavy atom. The smallest absolute Gasteiger partial charge is 0.358 e. The van der Waals surface area contributed by atoms with E-state index >= 15 is 0 Å². The number of carbonyl (C=O) groups is 2. The van der Waals surface area contributed by atoms with Gasteiger partial charge in [0.05, 0.1) is 6.33 Å². The third-order valence-electron chi connectivity index (χ3n) is 2.07. The standard InChI is InChI=1S/C10H9N5O3/c1-15-4-6(13-5-15)9(16)14-8-7(10(17)18)11-2-3-12-8/h2-5H,1H3,(H,17,18)(H,12,14,16). The maximum Gasteiger partial charge on any atom is 0.358 e. The van der Waals surface area contributed by atoms with E-state index in [0.29, 0.717) is 0 Å². The SMILES string of the molecule is Cn1cnc(C(=O)Nc2nccnc2C(=O)O)c1. The molecular formula is C10H9N5O3. The average Bonchev–Trinajstić information content (AvgIpc) is 2.76. The Kier molecular flexibility index (Phi) is 3.00. The number of anilines is 1. The third-order valence-corrected chi connectivity index (χ3v) is 2.07. The van der Waals surface area contributed by atoms with Gasteiger partial charge in [-0.2, -0.15) is 0 Å². The van der Waals surface area contributed by atoms with E-state index in [9.17, 15) is 9.59 Å². The molecule has 2 aromatic heterocycles. The van der Waals surface area contributed by atoms with Crippen LogP contribution in [-0.2, 0) is 7.05 Å². The van der Waals surface area contributed by atoms with Crippen LogP contribution in [0.25, 0.3) is 0 Å². The minimum absolute atomic E-state index is 0.111. The van der Waals surface area contributed by atoms with E-state index in [2.05, 4.69) is 20.3 Å². The Morgan fingerprint density at radius 3 is 2.61 bits per heavy atom. The molecule has 0 atom stereocenters. The van der Waals surface area contributed by atoms with Crippen LogP contribution in [0.3, 0.4) is 0 Å². The van der Waals surface area contributed by atoms with Gasteiger partial charge in [0, 0.05) is 25.6 Å². The molecule has 8 heteroatoms. The number of rotatable bonds is 3. The van der Waals surface area contributed by atoms with Crippen molar-refractivity contribution in [1.29, 1.82) is 0 Å². The lowest BCUT2D eigenvalue weighted by Crippen LogP contribution is -2.17. The zero-order chi connectivity index (χ0) is 13.1. The maximum absolute atomic E-state index is 11.8. The molecule has 0 aromatic carbocycles. The summed E-state index contributed by atoms with van der Waals surface area (Å²) in [5.41, 5.74) is -0.152.